The molecule has 0 aromatic heterocycles. The van der Waals surface area contributed by atoms with E-state index >= 15 is 0 Å². The van der Waals surface area contributed by atoms with Crippen molar-refractivity contribution in [2.45, 2.75) is 6.92 Å². The minimum absolute atomic E-state index is 0.0535. The fraction of sp³-hybridized carbons (Fsp3) is 0.364. The second-order valence-electron chi connectivity index (χ2n) is 3.12. The van der Waals surface area contributed by atoms with E-state index in [4.69, 9.17) is 19.8 Å². The van der Waals surface area contributed by atoms with Crippen molar-refractivity contribution in [2.75, 3.05) is 20.3 Å². The number of hydrogen-bond acceptors (Lipinski definition) is 5. The highest BCUT2D eigenvalue weighted by molar-refractivity contribution is 5.98. The molecule has 0 radical (unpaired) electrons. The van der Waals surface area contributed by atoms with Crippen molar-refractivity contribution in [3.05, 3.63) is 23.8 Å². The summed E-state index contributed by atoms with van der Waals surface area (Å²) in [6, 6.07) is 5.17. The summed E-state index contributed by atoms with van der Waals surface area (Å²) in [5, 5.41) is 20.4. The third-order valence-corrected chi connectivity index (χ3v) is 2.08. The van der Waals surface area contributed by atoms with Gasteiger partial charge in [0.2, 0.25) is 0 Å². The van der Waals surface area contributed by atoms with Gasteiger partial charge < -0.3 is 19.8 Å². The van der Waals surface area contributed by atoms with Gasteiger partial charge in [-0.2, -0.15) is 0 Å². The maximum atomic E-state index is 8.65. The smallest absolute Gasteiger partial charge is 0.161 e. The SMILES string of the molecule is COc1cc(/C(C)=N/O)ccc1OCCO. The summed E-state index contributed by atoms with van der Waals surface area (Å²) in [5.41, 5.74) is 1.24. The zero-order valence-electron chi connectivity index (χ0n) is 9.30. The van der Waals surface area contributed by atoms with Crippen molar-refractivity contribution < 1.29 is 19.8 Å². The summed E-state index contributed by atoms with van der Waals surface area (Å²) in [6.45, 7) is 1.84. The highest BCUT2D eigenvalue weighted by Crippen LogP contribution is 2.28. The molecule has 16 heavy (non-hydrogen) atoms. The summed E-state index contributed by atoms with van der Waals surface area (Å²) in [4.78, 5) is 0. The molecule has 0 atom stereocenters. The Morgan fingerprint density at radius 2 is 2.12 bits per heavy atom. The molecule has 0 aliphatic heterocycles. The predicted octanol–water partition coefficient (Wildman–Crippen LogP) is 1.26. The van der Waals surface area contributed by atoms with E-state index in [-0.39, 0.29) is 13.2 Å². The summed E-state index contributed by atoms with van der Waals surface area (Å²) in [5.74, 6) is 1.08. The number of aliphatic hydroxyl groups excluding tert-OH is 1. The highest BCUT2D eigenvalue weighted by Gasteiger charge is 2.07. The van der Waals surface area contributed by atoms with Gasteiger partial charge in [-0.3, -0.25) is 0 Å². The standard InChI is InChI=1S/C11H15NO4/c1-8(12-14)9-3-4-10(16-6-5-13)11(7-9)15-2/h3-4,7,13-14H,5-6H2,1-2H3/b12-8+. The highest BCUT2D eigenvalue weighted by atomic mass is 16.5. The van der Waals surface area contributed by atoms with E-state index in [1.165, 1.54) is 7.11 Å². The lowest BCUT2D eigenvalue weighted by Crippen LogP contribution is -2.04. The van der Waals surface area contributed by atoms with Gasteiger partial charge in [0, 0.05) is 5.56 Å². The van der Waals surface area contributed by atoms with Crippen LogP contribution >= 0.6 is 0 Å². The molecule has 0 bridgehead atoms. The first-order chi connectivity index (χ1) is 7.72. The minimum atomic E-state index is -0.0535. The normalized spacial score (nSPS) is 11.3. The van der Waals surface area contributed by atoms with Crippen molar-refractivity contribution in [3.63, 3.8) is 0 Å². The van der Waals surface area contributed by atoms with E-state index in [1.54, 1.807) is 25.1 Å². The molecule has 88 valence electrons. The Labute approximate surface area is 93.9 Å². The topological polar surface area (TPSA) is 71.3 Å². The van der Waals surface area contributed by atoms with Gasteiger partial charge in [-0.1, -0.05) is 5.16 Å². The molecule has 0 heterocycles. The summed E-state index contributed by atoms with van der Waals surface area (Å²) in [7, 11) is 1.52. The van der Waals surface area contributed by atoms with Crippen LogP contribution in [-0.2, 0) is 0 Å². The molecule has 5 heteroatoms. The fourth-order valence-corrected chi connectivity index (χ4v) is 1.23. The van der Waals surface area contributed by atoms with E-state index in [0.717, 1.165) is 5.56 Å². The van der Waals surface area contributed by atoms with E-state index in [9.17, 15) is 0 Å². The maximum Gasteiger partial charge on any atom is 0.161 e. The summed E-state index contributed by atoms with van der Waals surface area (Å²) >= 11 is 0. The first-order valence-electron chi connectivity index (χ1n) is 4.83. The quantitative estimate of drug-likeness (QED) is 0.449. The van der Waals surface area contributed by atoms with Crippen LogP contribution in [0.2, 0.25) is 0 Å². The zero-order chi connectivity index (χ0) is 12.0. The second-order valence-corrected chi connectivity index (χ2v) is 3.12. The average molecular weight is 225 g/mol. The fourth-order valence-electron chi connectivity index (χ4n) is 1.23. The molecule has 1 aromatic carbocycles. The van der Waals surface area contributed by atoms with Crippen LogP contribution in [0.4, 0.5) is 0 Å². The van der Waals surface area contributed by atoms with Crippen LogP contribution in [0.5, 0.6) is 11.5 Å². The van der Waals surface area contributed by atoms with Gasteiger partial charge in [-0.15, -0.1) is 0 Å². The average Bonchev–Trinajstić information content (AvgIpc) is 2.35. The number of aliphatic hydroxyl groups is 1. The van der Waals surface area contributed by atoms with Crippen LogP contribution in [0.15, 0.2) is 23.4 Å². The molecular weight excluding hydrogens is 210 g/mol. The molecule has 5 nitrogen and oxygen atoms in total. The summed E-state index contributed by atoms with van der Waals surface area (Å²) < 4.78 is 10.4. The molecule has 1 aromatic rings. The molecular formula is C11H15NO4. The molecule has 0 saturated heterocycles. The lowest BCUT2D eigenvalue weighted by atomic mass is 10.1. The summed E-state index contributed by atoms with van der Waals surface area (Å²) in [6.07, 6.45) is 0. The number of benzene rings is 1. The molecule has 0 amide bonds. The lowest BCUT2D eigenvalue weighted by Gasteiger charge is -2.10. The van der Waals surface area contributed by atoms with E-state index in [0.29, 0.717) is 17.2 Å². The predicted molar refractivity (Wildman–Crippen MR) is 59.6 cm³/mol. The Balaban J connectivity index is 2.97. The van der Waals surface area contributed by atoms with E-state index < -0.39 is 0 Å². The van der Waals surface area contributed by atoms with Crippen molar-refractivity contribution in [1.82, 2.24) is 0 Å². The minimum Gasteiger partial charge on any atom is -0.493 e. The molecule has 0 spiro atoms. The number of rotatable bonds is 5. The number of nitrogens with zero attached hydrogens (tertiary/aromatic N) is 1. The monoisotopic (exact) mass is 225 g/mol. The molecule has 0 saturated carbocycles. The Kier molecular flexibility index (Phi) is 4.60. The van der Waals surface area contributed by atoms with E-state index in [1.807, 2.05) is 0 Å². The molecule has 0 unspecified atom stereocenters. The van der Waals surface area contributed by atoms with Crippen LogP contribution in [0, 0.1) is 0 Å². The third kappa shape index (κ3) is 2.87. The first-order valence-corrected chi connectivity index (χ1v) is 4.83. The second kappa shape index (κ2) is 5.97. The van der Waals surface area contributed by atoms with Gasteiger partial charge >= 0.3 is 0 Å². The van der Waals surface area contributed by atoms with Crippen LogP contribution in [0.3, 0.4) is 0 Å². The third-order valence-electron chi connectivity index (χ3n) is 2.08. The van der Waals surface area contributed by atoms with Gasteiger partial charge in [0.1, 0.15) is 6.61 Å². The number of methoxy groups -OCH3 is 1. The Morgan fingerprint density at radius 3 is 2.69 bits per heavy atom. The van der Waals surface area contributed by atoms with Gasteiger partial charge in [0.25, 0.3) is 0 Å². The number of hydrogen-bond donors (Lipinski definition) is 2. The lowest BCUT2D eigenvalue weighted by molar-refractivity contribution is 0.196. The van der Waals surface area contributed by atoms with Crippen LogP contribution in [-0.4, -0.2) is 36.3 Å². The Bertz CT molecular complexity index is 376. The molecule has 0 aliphatic carbocycles. The first kappa shape index (κ1) is 12.3. The van der Waals surface area contributed by atoms with Crippen molar-refractivity contribution in [2.24, 2.45) is 5.16 Å². The van der Waals surface area contributed by atoms with Gasteiger partial charge in [-0.05, 0) is 25.1 Å². The van der Waals surface area contributed by atoms with E-state index in [2.05, 4.69) is 5.16 Å². The van der Waals surface area contributed by atoms with Crippen molar-refractivity contribution in [3.8, 4) is 11.5 Å². The molecule has 1 rings (SSSR count). The van der Waals surface area contributed by atoms with Crippen LogP contribution in [0.25, 0.3) is 0 Å². The number of oxime groups is 1. The maximum absolute atomic E-state index is 8.65. The van der Waals surface area contributed by atoms with Gasteiger partial charge in [0.15, 0.2) is 11.5 Å². The zero-order valence-corrected chi connectivity index (χ0v) is 9.30. The van der Waals surface area contributed by atoms with Crippen molar-refractivity contribution in [1.29, 1.82) is 0 Å². The van der Waals surface area contributed by atoms with Gasteiger partial charge in [0.05, 0.1) is 19.4 Å². The molecule has 2 N–H and O–H groups in total. The molecule has 0 fully saturated rings. The molecule has 0 aliphatic rings. The van der Waals surface area contributed by atoms with Crippen LogP contribution < -0.4 is 9.47 Å². The van der Waals surface area contributed by atoms with Crippen LogP contribution in [0.1, 0.15) is 12.5 Å². The number of ether oxygens (including phenoxy) is 2. The van der Waals surface area contributed by atoms with Crippen molar-refractivity contribution >= 4 is 5.71 Å². The Hall–Kier alpha value is -1.75. The Morgan fingerprint density at radius 1 is 1.38 bits per heavy atom. The largest absolute Gasteiger partial charge is 0.493 e. The van der Waals surface area contributed by atoms with Gasteiger partial charge in [-0.25, -0.2) is 0 Å².